The van der Waals surface area contributed by atoms with E-state index in [9.17, 15) is 10.4 Å². The molecule has 0 amide bonds. The van der Waals surface area contributed by atoms with Crippen molar-refractivity contribution in [1.29, 1.82) is 5.26 Å². The Morgan fingerprint density at radius 3 is 2.64 bits per heavy atom. The minimum absolute atomic E-state index is 0.0530. The van der Waals surface area contributed by atoms with Crippen LogP contribution in [0, 0.1) is 18.3 Å². The van der Waals surface area contributed by atoms with Gasteiger partial charge in [-0.15, -0.1) is 0 Å². The van der Waals surface area contributed by atoms with E-state index in [0.29, 0.717) is 11.3 Å². The van der Waals surface area contributed by atoms with Gasteiger partial charge in [-0.1, -0.05) is 12.1 Å². The van der Waals surface area contributed by atoms with Crippen LogP contribution in [0.15, 0.2) is 36.4 Å². The number of aromatic hydroxyl groups is 1. The molecule has 3 rings (SSSR count). The second-order valence-electron chi connectivity index (χ2n) is 5.37. The Balaban J connectivity index is 2.42. The van der Waals surface area contributed by atoms with Crippen LogP contribution < -0.4 is 5.73 Å². The summed E-state index contributed by atoms with van der Waals surface area (Å²) in [5.41, 5.74) is 10.6. The first-order valence-corrected chi connectivity index (χ1v) is 7.18. The number of nitrogens with two attached hydrogens (primary N) is 1. The molecule has 1 heterocycles. The molecule has 0 saturated heterocycles. The van der Waals surface area contributed by atoms with Crippen molar-refractivity contribution < 1.29 is 5.11 Å². The van der Waals surface area contributed by atoms with E-state index in [-0.39, 0.29) is 5.75 Å². The summed E-state index contributed by atoms with van der Waals surface area (Å²) >= 11 is 0. The number of nitrogen functional groups attached to an aromatic ring is 1. The molecule has 0 aliphatic heterocycles. The zero-order chi connectivity index (χ0) is 15.9. The van der Waals surface area contributed by atoms with Gasteiger partial charge in [0.05, 0.1) is 22.5 Å². The summed E-state index contributed by atoms with van der Waals surface area (Å²) < 4.78 is 2.12. The lowest BCUT2D eigenvalue weighted by molar-refractivity contribution is 0.478. The number of nitrogens with zero attached hydrogens (tertiary/aromatic N) is 2. The van der Waals surface area contributed by atoms with E-state index >= 15 is 0 Å². The fraction of sp³-hybridized carbons (Fsp3) is 0.167. The average Bonchev–Trinajstić information content (AvgIpc) is 2.82. The van der Waals surface area contributed by atoms with Crippen molar-refractivity contribution in [2.24, 2.45) is 0 Å². The Bertz CT molecular complexity index is 916. The Hall–Kier alpha value is -2.93. The number of fused-ring (bicyclic) bond motifs is 1. The first-order valence-electron chi connectivity index (χ1n) is 7.18. The SMILES string of the molecule is CCn1c(-c2ccc(O)c(N)c2)c(C#N)c2ccc(C)cc21. The maximum atomic E-state index is 9.64. The van der Waals surface area contributed by atoms with E-state index in [1.807, 2.05) is 19.1 Å². The van der Waals surface area contributed by atoms with Gasteiger partial charge in [-0.2, -0.15) is 5.26 Å². The van der Waals surface area contributed by atoms with Crippen molar-refractivity contribution in [3.8, 4) is 23.1 Å². The van der Waals surface area contributed by atoms with Gasteiger partial charge >= 0.3 is 0 Å². The van der Waals surface area contributed by atoms with Crippen molar-refractivity contribution in [3.63, 3.8) is 0 Å². The summed E-state index contributed by atoms with van der Waals surface area (Å²) in [6.45, 7) is 4.84. The van der Waals surface area contributed by atoms with Crippen LogP contribution in [0.25, 0.3) is 22.2 Å². The van der Waals surface area contributed by atoms with Crippen LogP contribution in [0.2, 0.25) is 0 Å². The number of benzene rings is 2. The van der Waals surface area contributed by atoms with Gasteiger partial charge in [0.15, 0.2) is 0 Å². The highest BCUT2D eigenvalue weighted by Gasteiger charge is 2.18. The minimum Gasteiger partial charge on any atom is -0.506 e. The predicted molar refractivity (Wildman–Crippen MR) is 88.6 cm³/mol. The van der Waals surface area contributed by atoms with Gasteiger partial charge in [-0.3, -0.25) is 0 Å². The molecule has 22 heavy (non-hydrogen) atoms. The number of rotatable bonds is 2. The summed E-state index contributed by atoms with van der Waals surface area (Å²) in [6, 6.07) is 13.5. The van der Waals surface area contributed by atoms with Gasteiger partial charge in [-0.25, -0.2) is 0 Å². The number of anilines is 1. The molecule has 0 atom stereocenters. The molecule has 3 aromatic rings. The van der Waals surface area contributed by atoms with Crippen LogP contribution in [-0.2, 0) is 6.54 Å². The smallest absolute Gasteiger partial charge is 0.138 e. The molecule has 4 heteroatoms. The Kier molecular flexibility index (Phi) is 3.26. The minimum atomic E-state index is 0.0530. The molecule has 0 aliphatic carbocycles. The number of hydrogen-bond acceptors (Lipinski definition) is 3. The molecule has 0 bridgehead atoms. The highest BCUT2D eigenvalue weighted by atomic mass is 16.3. The first kappa shape index (κ1) is 14.0. The summed E-state index contributed by atoms with van der Waals surface area (Å²) in [7, 11) is 0. The molecule has 1 aromatic heterocycles. The highest BCUT2D eigenvalue weighted by molar-refractivity contribution is 5.95. The van der Waals surface area contributed by atoms with Crippen molar-refractivity contribution in [1.82, 2.24) is 4.57 Å². The van der Waals surface area contributed by atoms with Crippen LogP contribution in [0.5, 0.6) is 5.75 Å². The molecule has 0 spiro atoms. The number of hydrogen-bond donors (Lipinski definition) is 2. The van der Waals surface area contributed by atoms with E-state index in [4.69, 9.17) is 5.73 Å². The van der Waals surface area contributed by atoms with Gasteiger partial charge < -0.3 is 15.4 Å². The van der Waals surface area contributed by atoms with E-state index in [1.54, 1.807) is 18.2 Å². The monoisotopic (exact) mass is 291 g/mol. The van der Waals surface area contributed by atoms with Crippen molar-refractivity contribution in [3.05, 3.63) is 47.5 Å². The quantitative estimate of drug-likeness (QED) is 0.557. The van der Waals surface area contributed by atoms with Crippen molar-refractivity contribution in [2.45, 2.75) is 20.4 Å². The molecule has 0 radical (unpaired) electrons. The van der Waals surface area contributed by atoms with E-state index < -0.39 is 0 Å². The number of aromatic nitrogens is 1. The number of phenols is 1. The van der Waals surface area contributed by atoms with Crippen molar-refractivity contribution in [2.75, 3.05) is 5.73 Å². The largest absolute Gasteiger partial charge is 0.506 e. The number of nitriles is 1. The van der Waals surface area contributed by atoms with Gasteiger partial charge in [0.2, 0.25) is 0 Å². The lowest BCUT2D eigenvalue weighted by atomic mass is 10.0. The zero-order valence-corrected chi connectivity index (χ0v) is 12.6. The van der Waals surface area contributed by atoms with E-state index in [2.05, 4.69) is 23.6 Å². The first-order chi connectivity index (χ1) is 10.6. The highest BCUT2D eigenvalue weighted by Crippen LogP contribution is 2.36. The molecule has 0 aliphatic rings. The predicted octanol–water partition coefficient (Wildman–Crippen LogP) is 3.80. The second-order valence-corrected chi connectivity index (χ2v) is 5.37. The summed E-state index contributed by atoms with van der Waals surface area (Å²) in [5.74, 6) is 0.0530. The van der Waals surface area contributed by atoms with Crippen molar-refractivity contribution >= 4 is 16.6 Å². The molecule has 0 fully saturated rings. The molecular formula is C18H17N3O. The average molecular weight is 291 g/mol. The van der Waals surface area contributed by atoms with Crippen LogP contribution in [0.1, 0.15) is 18.1 Å². The number of aryl methyl sites for hydroxylation is 2. The van der Waals surface area contributed by atoms with E-state index in [0.717, 1.165) is 34.3 Å². The molecule has 4 nitrogen and oxygen atoms in total. The summed E-state index contributed by atoms with van der Waals surface area (Å²) in [5, 5.41) is 20.2. The molecular weight excluding hydrogens is 274 g/mol. The maximum Gasteiger partial charge on any atom is 0.138 e. The van der Waals surface area contributed by atoms with Crippen LogP contribution >= 0.6 is 0 Å². The van der Waals surface area contributed by atoms with Gasteiger partial charge in [0.25, 0.3) is 0 Å². The molecule has 3 N–H and O–H groups in total. The third-order valence-electron chi connectivity index (χ3n) is 3.95. The third-order valence-corrected chi connectivity index (χ3v) is 3.95. The Labute approximate surface area is 129 Å². The number of phenolic OH excluding ortho intramolecular Hbond substituents is 1. The molecule has 0 unspecified atom stereocenters. The summed E-state index contributed by atoms with van der Waals surface area (Å²) in [4.78, 5) is 0. The van der Waals surface area contributed by atoms with E-state index in [1.165, 1.54) is 0 Å². The normalized spacial score (nSPS) is 10.8. The Morgan fingerprint density at radius 2 is 2.00 bits per heavy atom. The van der Waals surface area contributed by atoms with Gasteiger partial charge in [-0.05, 0) is 43.7 Å². The third kappa shape index (κ3) is 1.99. The lowest BCUT2D eigenvalue weighted by Crippen LogP contribution is -1.98. The van der Waals surface area contributed by atoms with Crippen LogP contribution in [0.3, 0.4) is 0 Å². The molecule has 2 aromatic carbocycles. The van der Waals surface area contributed by atoms with Crippen LogP contribution in [0.4, 0.5) is 5.69 Å². The van der Waals surface area contributed by atoms with Gasteiger partial charge in [0, 0.05) is 17.5 Å². The topological polar surface area (TPSA) is 75.0 Å². The standard InChI is InChI=1S/C18H17N3O/c1-3-21-16-8-11(2)4-6-13(16)14(10-19)18(21)12-5-7-17(22)15(20)9-12/h4-9,22H,3,20H2,1-2H3. The Morgan fingerprint density at radius 1 is 1.23 bits per heavy atom. The van der Waals surface area contributed by atoms with Gasteiger partial charge in [0.1, 0.15) is 11.8 Å². The molecule has 0 saturated carbocycles. The molecule has 110 valence electrons. The summed E-state index contributed by atoms with van der Waals surface area (Å²) in [6.07, 6.45) is 0. The van der Waals surface area contributed by atoms with Crippen LogP contribution in [-0.4, -0.2) is 9.67 Å². The lowest BCUT2D eigenvalue weighted by Gasteiger charge is -2.10. The second kappa shape index (κ2) is 5.12. The fourth-order valence-electron chi connectivity index (χ4n) is 2.90. The maximum absolute atomic E-state index is 9.64. The zero-order valence-electron chi connectivity index (χ0n) is 12.6. The fourth-order valence-corrected chi connectivity index (χ4v) is 2.90.